The van der Waals surface area contributed by atoms with Crippen molar-refractivity contribution in [3.05, 3.63) is 52.8 Å². The van der Waals surface area contributed by atoms with Gasteiger partial charge >= 0.3 is 0 Å². The molecule has 3 N–H and O–H groups in total. The fourth-order valence-corrected chi connectivity index (χ4v) is 2.64. The summed E-state index contributed by atoms with van der Waals surface area (Å²) in [6.07, 6.45) is 3.88. The van der Waals surface area contributed by atoms with E-state index in [1.54, 1.807) is 19.0 Å². The lowest BCUT2D eigenvalue weighted by atomic mass is 10.1. The third-order valence-corrected chi connectivity index (χ3v) is 4.22. The van der Waals surface area contributed by atoms with Crippen molar-refractivity contribution in [1.29, 1.82) is 0 Å². The summed E-state index contributed by atoms with van der Waals surface area (Å²) >= 11 is 0. The first kappa shape index (κ1) is 20.5. The minimum absolute atomic E-state index is 0.00733. The van der Waals surface area contributed by atoms with E-state index in [1.165, 1.54) is 5.56 Å². The Morgan fingerprint density at radius 2 is 1.96 bits per heavy atom. The Balaban J connectivity index is 1.85. The van der Waals surface area contributed by atoms with Gasteiger partial charge in [-0.1, -0.05) is 12.1 Å². The number of aliphatic imine (C=N–C) groups is 1. The SMILES string of the molecule is CCNC(=NCc1ccc(C(=O)N(C)C)cc1)NCCCc1cn[nH]c1C. The van der Waals surface area contributed by atoms with Crippen LogP contribution in [0.2, 0.25) is 0 Å². The van der Waals surface area contributed by atoms with Crippen molar-refractivity contribution in [3.8, 4) is 0 Å². The molecule has 1 aromatic heterocycles. The molecule has 0 aliphatic rings. The number of hydrogen-bond acceptors (Lipinski definition) is 3. The van der Waals surface area contributed by atoms with Gasteiger partial charge < -0.3 is 15.5 Å². The maximum absolute atomic E-state index is 11.9. The average Bonchev–Trinajstić information content (AvgIpc) is 3.07. The number of nitrogens with zero attached hydrogens (tertiary/aromatic N) is 3. The molecule has 0 fully saturated rings. The molecule has 2 aromatic rings. The van der Waals surface area contributed by atoms with E-state index in [1.807, 2.05) is 44.3 Å². The molecule has 1 amide bonds. The predicted octanol–water partition coefficient (Wildman–Crippen LogP) is 2.11. The number of guanidine groups is 1. The quantitative estimate of drug-likeness (QED) is 0.377. The van der Waals surface area contributed by atoms with Gasteiger partial charge in [0.05, 0.1) is 12.7 Å². The monoisotopic (exact) mass is 370 g/mol. The molecule has 0 spiro atoms. The van der Waals surface area contributed by atoms with Gasteiger partial charge in [0.2, 0.25) is 0 Å². The summed E-state index contributed by atoms with van der Waals surface area (Å²) in [6, 6.07) is 7.60. The van der Waals surface area contributed by atoms with Crippen LogP contribution in [0, 0.1) is 6.92 Å². The number of rotatable bonds is 8. The number of hydrogen-bond donors (Lipinski definition) is 3. The van der Waals surface area contributed by atoms with E-state index in [0.717, 1.165) is 43.1 Å². The lowest BCUT2D eigenvalue weighted by Gasteiger charge is -2.12. The Kier molecular flexibility index (Phi) is 7.85. The summed E-state index contributed by atoms with van der Waals surface area (Å²) in [7, 11) is 3.51. The number of nitrogens with one attached hydrogen (secondary N) is 3. The van der Waals surface area contributed by atoms with E-state index < -0.39 is 0 Å². The number of H-pyrrole nitrogens is 1. The molecule has 1 heterocycles. The maximum Gasteiger partial charge on any atom is 0.253 e. The predicted molar refractivity (Wildman–Crippen MR) is 109 cm³/mol. The van der Waals surface area contributed by atoms with Gasteiger partial charge in [-0.2, -0.15) is 5.10 Å². The maximum atomic E-state index is 11.9. The number of carbonyl (C=O) groups excluding carboxylic acids is 1. The van der Waals surface area contributed by atoms with Crippen molar-refractivity contribution < 1.29 is 4.79 Å². The standard InChI is InChI=1S/C20H30N6O/c1-5-21-20(22-12-6-7-18-14-24-25-15(18)2)23-13-16-8-10-17(11-9-16)19(27)26(3)4/h8-11,14H,5-7,12-13H2,1-4H3,(H,24,25)(H2,21,22,23). The van der Waals surface area contributed by atoms with Gasteiger partial charge in [-0.15, -0.1) is 0 Å². The Bertz CT molecular complexity index is 748. The van der Waals surface area contributed by atoms with Crippen LogP contribution in [0.5, 0.6) is 0 Å². The van der Waals surface area contributed by atoms with Crippen molar-refractivity contribution in [2.45, 2.75) is 33.2 Å². The highest BCUT2D eigenvalue weighted by Crippen LogP contribution is 2.08. The number of benzene rings is 1. The molecule has 7 heteroatoms. The van der Waals surface area contributed by atoms with Crippen molar-refractivity contribution in [3.63, 3.8) is 0 Å². The molecule has 0 aliphatic carbocycles. The Hall–Kier alpha value is -2.83. The summed E-state index contributed by atoms with van der Waals surface area (Å²) in [5, 5.41) is 13.6. The second-order valence-electron chi connectivity index (χ2n) is 6.64. The molecule has 0 saturated heterocycles. The van der Waals surface area contributed by atoms with Gasteiger partial charge in [0, 0.05) is 38.4 Å². The van der Waals surface area contributed by atoms with Crippen LogP contribution in [0.3, 0.4) is 0 Å². The highest BCUT2D eigenvalue weighted by Gasteiger charge is 2.07. The summed E-state index contributed by atoms with van der Waals surface area (Å²) < 4.78 is 0. The first-order chi connectivity index (χ1) is 13.0. The van der Waals surface area contributed by atoms with E-state index in [0.29, 0.717) is 12.1 Å². The number of carbonyl (C=O) groups is 1. The highest BCUT2D eigenvalue weighted by molar-refractivity contribution is 5.93. The molecule has 27 heavy (non-hydrogen) atoms. The molecule has 1 aromatic carbocycles. The van der Waals surface area contributed by atoms with Crippen LogP contribution in [-0.2, 0) is 13.0 Å². The fourth-order valence-electron chi connectivity index (χ4n) is 2.64. The van der Waals surface area contributed by atoms with Crippen LogP contribution in [0.4, 0.5) is 0 Å². The molecular formula is C20H30N6O. The Morgan fingerprint density at radius 3 is 2.56 bits per heavy atom. The van der Waals surface area contributed by atoms with Crippen molar-refractivity contribution in [2.24, 2.45) is 4.99 Å². The smallest absolute Gasteiger partial charge is 0.253 e. The topological polar surface area (TPSA) is 85.4 Å². The second-order valence-corrected chi connectivity index (χ2v) is 6.64. The average molecular weight is 371 g/mol. The molecule has 0 unspecified atom stereocenters. The fraction of sp³-hybridized carbons (Fsp3) is 0.450. The van der Waals surface area contributed by atoms with Gasteiger partial charge in [-0.05, 0) is 49.9 Å². The van der Waals surface area contributed by atoms with Crippen molar-refractivity contribution in [1.82, 2.24) is 25.7 Å². The van der Waals surface area contributed by atoms with Crippen LogP contribution in [0.15, 0.2) is 35.5 Å². The second kappa shape index (κ2) is 10.4. The van der Waals surface area contributed by atoms with E-state index in [9.17, 15) is 4.79 Å². The number of aryl methyl sites for hydroxylation is 2. The minimum Gasteiger partial charge on any atom is -0.357 e. The summed E-state index contributed by atoms with van der Waals surface area (Å²) in [6.45, 7) is 6.30. The Labute approximate surface area is 161 Å². The molecule has 0 bridgehead atoms. The van der Waals surface area contributed by atoms with Crippen LogP contribution in [0.1, 0.15) is 40.5 Å². The molecule has 0 radical (unpaired) electrons. The summed E-state index contributed by atoms with van der Waals surface area (Å²) in [4.78, 5) is 18.1. The molecule has 0 saturated carbocycles. The van der Waals surface area contributed by atoms with E-state index in [4.69, 9.17) is 0 Å². The third kappa shape index (κ3) is 6.44. The van der Waals surface area contributed by atoms with Crippen LogP contribution in [-0.4, -0.2) is 54.1 Å². The lowest BCUT2D eigenvalue weighted by molar-refractivity contribution is 0.0827. The number of aromatic amines is 1. The van der Waals surface area contributed by atoms with Crippen LogP contribution in [0.25, 0.3) is 0 Å². The van der Waals surface area contributed by atoms with Crippen molar-refractivity contribution in [2.75, 3.05) is 27.2 Å². The minimum atomic E-state index is 0.00733. The zero-order valence-electron chi connectivity index (χ0n) is 16.7. The highest BCUT2D eigenvalue weighted by atomic mass is 16.2. The van der Waals surface area contributed by atoms with Gasteiger partial charge in [0.15, 0.2) is 5.96 Å². The molecular weight excluding hydrogens is 340 g/mol. The molecule has 146 valence electrons. The van der Waals surface area contributed by atoms with Crippen molar-refractivity contribution >= 4 is 11.9 Å². The van der Waals surface area contributed by atoms with Crippen LogP contribution >= 0.6 is 0 Å². The molecule has 0 atom stereocenters. The molecule has 0 aliphatic heterocycles. The first-order valence-corrected chi connectivity index (χ1v) is 9.33. The number of aromatic nitrogens is 2. The zero-order chi connectivity index (χ0) is 19.6. The van der Waals surface area contributed by atoms with Crippen LogP contribution < -0.4 is 10.6 Å². The van der Waals surface area contributed by atoms with Gasteiger partial charge in [-0.3, -0.25) is 9.89 Å². The lowest BCUT2D eigenvalue weighted by Crippen LogP contribution is -2.37. The summed E-state index contributed by atoms with van der Waals surface area (Å²) in [5.41, 5.74) is 4.14. The van der Waals surface area contributed by atoms with Gasteiger partial charge in [-0.25, -0.2) is 4.99 Å². The largest absolute Gasteiger partial charge is 0.357 e. The Morgan fingerprint density at radius 1 is 1.22 bits per heavy atom. The van der Waals surface area contributed by atoms with E-state index >= 15 is 0 Å². The summed E-state index contributed by atoms with van der Waals surface area (Å²) in [5.74, 6) is 0.808. The first-order valence-electron chi connectivity index (χ1n) is 9.33. The zero-order valence-corrected chi connectivity index (χ0v) is 16.7. The van der Waals surface area contributed by atoms with Gasteiger partial charge in [0.25, 0.3) is 5.91 Å². The van der Waals surface area contributed by atoms with E-state index in [2.05, 4.69) is 25.8 Å². The number of amides is 1. The van der Waals surface area contributed by atoms with Gasteiger partial charge in [0.1, 0.15) is 0 Å². The van der Waals surface area contributed by atoms with E-state index in [-0.39, 0.29) is 5.91 Å². The normalized spacial score (nSPS) is 11.3. The molecule has 2 rings (SSSR count). The molecule has 7 nitrogen and oxygen atoms in total. The third-order valence-electron chi connectivity index (χ3n) is 4.22.